The largest absolute Gasteiger partial charge is 0.338 e. The maximum absolute atomic E-state index is 12.8. The van der Waals surface area contributed by atoms with Crippen molar-refractivity contribution in [2.45, 2.75) is 25.7 Å². The van der Waals surface area contributed by atoms with Gasteiger partial charge in [0.15, 0.2) is 0 Å². The maximum Gasteiger partial charge on any atom is 0.253 e. The average molecular weight is 363 g/mol. The van der Waals surface area contributed by atoms with Crippen LogP contribution < -0.4 is 0 Å². The van der Waals surface area contributed by atoms with Crippen molar-refractivity contribution in [2.75, 3.05) is 13.1 Å². The molecule has 2 heterocycles. The second-order valence-corrected chi connectivity index (χ2v) is 7.01. The first-order valence-electron chi connectivity index (χ1n) is 9.29. The molecule has 1 aromatic heterocycles. The Kier molecular flexibility index (Phi) is 4.96. The number of Topliss-reactive ketones (excluding diaryl/α,β-unsaturated/α-hetero) is 1. The monoisotopic (exact) mass is 363 g/mol. The van der Waals surface area contributed by atoms with Crippen LogP contribution in [0.5, 0.6) is 0 Å². The number of hydrogen-bond donors (Lipinski definition) is 0. The Hall–Kier alpha value is -3.02. The van der Waals surface area contributed by atoms with Crippen LogP contribution in [0, 0.1) is 5.92 Å². The van der Waals surface area contributed by atoms with Crippen LogP contribution in [0.15, 0.2) is 53.2 Å². The number of aryl methyl sites for hydroxylation is 1. The Morgan fingerprint density at radius 3 is 2.74 bits per heavy atom. The van der Waals surface area contributed by atoms with Crippen LogP contribution in [0.1, 0.15) is 35.2 Å². The highest BCUT2D eigenvalue weighted by Crippen LogP contribution is 2.22. The second kappa shape index (κ2) is 7.70. The van der Waals surface area contributed by atoms with E-state index >= 15 is 0 Å². The lowest BCUT2D eigenvalue weighted by molar-refractivity contribution is -0.124. The van der Waals surface area contributed by atoms with E-state index in [1.807, 2.05) is 30.3 Å². The molecule has 3 aromatic rings. The Morgan fingerprint density at radius 1 is 1.07 bits per heavy atom. The van der Waals surface area contributed by atoms with Gasteiger partial charge < -0.3 is 4.90 Å². The molecule has 1 aliphatic rings. The highest BCUT2D eigenvalue weighted by molar-refractivity contribution is 5.97. The highest BCUT2D eigenvalue weighted by atomic mass is 16.6. The number of hydrogen-bond acceptors (Lipinski definition) is 5. The summed E-state index contributed by atoms with van der Waals surface area (Å²) >= 11 is 0. The Morgan fingerprint density at radius 2 is 1.89 bits per heavy atom. The first-order valence-corrected chi connectivity index (χ1v) is 9.29. The molecule has 1 aliphatic heterocycles. The smallest absolute Gasteiger partial charge is 0.253 e. The quantitative estimate of drug-likeness (QED) is 0.695. The lowest BCUT2D eigenvalue weighted by Crippen LogP contribution is -2.42. The zero-order valence-electron chi connectivity index (χ0n) is 15.0. The van der Waals surface area contributed by atoms with E-state index in [-0.39, 0.29) is 17.6 Å². The molecule has 138 valence electrons. The molecular formula is C21H21N3O3. The van der Waals surface area contributed by atoms with Gasteiger partial charge in [-0.2, -0.15) is 0 Å². The van der Waals surface area contributed by atoms with Crippen LogP contribution in [0.3, 0.4) is 0 Å². The number of aromatic nitrogens is 2. The third kappa shape index (κ3) is 3.89. The number of carbonyl (C=O) groups is 2. The molecule has 1 atom stereocenters. The van der Waals surface area contributed by atoms with Gasteiger partial charge in [-0.1, -0.05) is 30.3 Å². The summed E-state index contributed by atoms with van der Waals surface area (Å²) in [7, 11) is 0. The summed E-state index contributed by atoms with van der Waals surface area (Å²) < 4.78 is 4.69. The van der Waals surface area contributed by atoms with E-state index in [1.165, 1.54) is 5.56 Å². The lowest BCUT2D eigenvalue weighted by atomic mass is 9.90. The molecule has 1 amide bonds. The summed E-state index contributed by atoms with van der Waals surface area (Å²) in [5, 5.41) is 7.55. The molecule has 0 aliphatic carbocycles. The fourth-order valence-electron chi connectivity index (χ4n) is 3.64. The molecule has 0 spiro atoms. The van der Waals surface area contributed by atoms with Crippen LogP contribution in [-0.2, 0) is 11.2 Å². The van der Waals surface area contributed by atoms with Crippen LogP contribution >= 0.6 is 0 Å². The van der Waals surface area contributed by atoms with Crippen molar-refractivity contribution in [1.82, 2.24) is 15.2 Å². The van der Waals surface area contributed by atoms with Crippen LogP contribution in [-0.4, -0.2) is 40.0 Å². The fraction of sp³-hybridized carbons (Fsp3) is 0.333. The van der Waals surface area contributed by atoms with Gasteiger partial charge in [0.25, 0.3) is 5.91 Å². The lowest BCUT2D eigenvalue weighted by Gasteiger charge is -2.32. The number of ketones is 1. The van der Waals surface area contributed by atoms with Gasteiger partial charge in [-0.3, -0.25) is 9.59 Å². The van der Waals surface area contributed by atoms with Gasteiger partial charge in [0.1, 0.15) is 16.8 Å². The predicted molar refractivity (Wildman–Crippen MR) is 100 cm³/mol. The van der Waals surface area contributed by atoms with Gasteiger partial charge in [-0.25, -0.2) is 4.63 Å². The maximum atomic E-state index is 12.8. The molecule has 27 heavy (non-hydrogen) atoms. The van der Waals surface area contributed by atoms with Crippen molar-refractivity contribution in [1.29, 1.82) is 0 Å². The average Bonchev–Trinajstić information content (AvgIpc) is 3.20. The number of rotatable bonds is 5. The molecule has 0 radical (unpaired) electrons. The third-order valence-electron chi connectivity index (χ3n) is 5.17. The molecule has 6 heteroatoms. The first-order chi connectivity index (χ1) is 13.2. The van der Waals surface area contributed by atoms with E-state index < -0.39 is 0 Å². The van der Waals surface area contributed by atoms with Gasteiger partial charge >= 0.3 is 0 Å². The summed E-state index contributed by atoms with van der Waals surface area (Å²) in [4.78, 5) is 27.3. The van der Waals surface area contributed by atoms with Crippen molar-refractivity contribution >= 4 is 22.7 Å². The summed E-state index contributed by atoms with van der Waals surface area (Å²) in [5.41, 5.74) is 2.91. The number of benzene rings is 2. The van der Waals surface area contributed by atoms with E-state index in [4.69, 9.17) is 0 Å². The molecule has 1 saturated heterocycles. The molecule has 0 bridgehead atoms. The highest BCUT2D eigenvalue weighted by Gasteiger charge is 2.28. The van der Waals surface area contributed by atoms with Crippen molar-refractivity contribution in [2.24, 2.45) is 5.92 Å². The molecule has 0 N–H and O–H groups in total. The minimum atomic E-state index is -0.0798. The minimum Gasteiger partial charge on any atom is -0.338 e. The Labute approximate surface area is 157 Å². The fourth-order valence-corrected chi connectivity index (χ4v) is 3.64. The predicted octanol–water partition coefficient (Wildman–Crippen LogP) is 3.28. The van der Waals surface area contributed by atoms with Crippen molar-refractivity contribution in [3.63, 3.8) is 0 Å². The van der Waals surface area contributed by atoms with Crippen LogP contribution in [0.4, 0.5) is 0 Å². The zero-order valence-corrected chi connectivity index (χ0v) is 15.0. The van der Waals surface area contributed by atoms with Crippen molar-refractivity contribution in [3.05, 3.63) is 59.7 Å². The molecule has 6 nitrogen and oxygen atoms in total. The van der Waals surface area contributed by atoms with E-state index in [2.05, 4.69) is 14.9 Å². The van der Waals surface area contributed by atoms with Crippen molar-refractivity contribution < 1.29 is 14.2 Å². The third-order valence-corrected chi connectivity index (χ3v) is 5.17. The molecule has 2 aromatic carbocycles. The number of nitrogens with zero attached hydrogens (tertiary/aromatic N) is 3. The van der Waals surface area contributed by atoms with Gasteiger partial charge in [-0.05, 0) is 53.3 Å². The summed E-state index contributed by atoms with van der Waals surface area (Å²) in [6, 6.07) is 15.2. The number of carbonyl (C=O) groups excluding carboxylic acids is 2. The van der Waals surface area contributed by atoms with Gasteiger partial charge in [-0.15, -0.1) is 0 Å². The van der Waals surface area contributed by atoms with E-state index in [0.29, 0.717) is 36.1 Å². The van der Waals surface area contributed by atoms with E-state index in [0.717, 1.165) is 19.3 Å². The topological polar surface area (TPSA) is 76.3 Å². The van der Waals surface area contributed by atoms with Gasteiger partial charge in [0.2, 0.25) is 0 Å². The number of piperidine rings is 1. The molecule has 1 fully saturated rings. The van der Waals surface area contributed by atoms with Gasteiger partial charge in [0, 0.05) is 31.0 Å². The minimum absolute atomic E-state index is 0.0690. The van der Waals surface area contributed by atoms with Crippen molar-refractivity contribution in [3.8, 4) is 0 Å². The Bertz CT molecular complexity index is 951. The Balaban J connectivity index is 1.39. The summed E-state index contributed by atoms with van der Waals surface area (Å²) in [6.07, 6.45) is 2.97. The molecule has 1 unspecified atom stereocenters. The number of fused-ring (bicyclic) bond motifs is 1. The molecule has 0 saturated carbocycles. The normalized spacial score (nSPS) is 17.2. The van der Waals surface area contributed by atoms with E-state index in [9.17, 15) is 9.59 Å². The van der Waals surface area contributed by atoms with E-state index in [1.54, 1.807) is 23.1 Å². The van der Waals surface area contributed by atoms with Gasteiger partial charge in [0.05, 0.1) is 0 Å². The zero-order chi connectivity index (χ0) is 18.6. The summed E-state index contributed by atoms with van der Waals surface area (Å²) in [5.74, 6) is 0.0943. The first kappa shape index (κ1) is 17.4. The standard InChI is InChI=1S/C21H21N3O3/c25-20(11-8-15-5-2-1-3-6-15)17-7-4-12-24(14-17)21(26)16-9-10-18-19(13-16)23-27-22-18/h1-3,5-6,9-10,13,17H,4,7-8,11-12,14H2. The molecule has 4 rings (SSSR count). The second-order valence-electron chi connectivity index (χ2n) is 7.01. The van der Waals surface area contributed by atoms with Crippen LogP contribution in [0.25, 0.3) is 11.0 Å². The molecular weight excluding hydrogens is 342 g/mol. The SMILES string of the molecule is O=C(CCc1ccccc1)C1CCCN(C(=O)c2ccc3nonc3c2)C1. The number of likely N-dealkylation sites (tertiary alicyclic amines) is 1. The summed E-state index contributed by atoms with van der Waals surface area (Å²) in [6.45, 7) is 1.16. The van der Waals surface area contributed by atoms with Crippen LogP contribution in [0.2, 0.25) is 0 Å². The number of amides is 1.